The summed E-state index contributed by atoms with van der Waals surface area (Å²) in [4.78, 5) is 13.0. The summed E-state index contributed by atoms with van der Waals surface area (Å²) in [5.74, 6) is 5.10. The largest absolute Gasteiger partial charge is 0.459 e. The van der Waals surface area contributed by atoms with E-state index in [1.807, 2.05) is 0 Å². The van der Waals surface area contributed by atoms with E-state index < -0.39 is 0 Å². The van der Waals surface area contributed by atoms with Crippen molar-refractivity contribution in [1.82, 2.24) is 0 Å². The van der Waals surface area contributed by atoms with Crippen LogP contribution in [0.2, 0.25) is 0 Å². The Morgan fingerprint density at radius 3 is 2.52 bits per heavy atom. The molecule has 0 aromatic rings. The molecule has 9 unspecified atom stereocenters. The van der Waals surface area contributed by atoms with Gasteiger partial charge < -0.3 is 9.47 Å². The Morgan fingerprint density at radius 2 is 1.78 bits per heavy atom. The molecular formula is C20H28O3. The first kappa shape index (κ1) is 13.7. The van der Waals surface area contributed by atoms with E-state index in [0.29, 0.717) is 18.1 Å². The van der Waals surface area contributed by atoms with Gasteiger partial charge in [0, 0.05) is 0 Å². The van der Waals surface area contributed by atoms with Crippen LogP contribution in [-0.4, -0.2) is 23.8 Å². The van der Waals surface area contributed by atoms with Crippen LogP contribution in [0.3, 0.4) is 0 Å². The highest BCUT2D eigenvalue weighted by molar-refractivity contribution is 5.74. The van der Waals surface area contributed by atoms with Gasteiger partial charge in [-0.3, -0.25) is 4.79 Å². The van der Waals surface area contributed by atoms with Crippen molar-refractivity contribution in [3.05, 3.63) is 0 Å². The van der Waals surface area contributed by atoms with E-state index in [1.54, 1.807) is 0 Å². The molecule has 0 radical (unpaired) electrons. The molecule has 1 saturated heterocycles. The number of fused-ring (bicyclic) bond motifs is 12. The van der Waals surface area contributed by atoms with E-state index in [4.69, 9.17) is 9.47 Å². The molecule has 6 rings (SSSR count). The Kier molecular flexibility index (Phi) is 2.58. The molecular weight excluding hydrogens is 288 g/mol. The second kappa shape index (κ2) is 4.33. The Hall–Kier alpha value is -0.570. The van der Waals surface area contributed by atoms with E-state index in [1.165, 1.54) is 25.7 Å². The summed E-state index contributed by atoms with van der Waals surface area (Å²) in [6.45, 7) is 2.19. The van der Waals surface area contributed by atoms with Gasteiger partial charge in [0.25, 0.3) is 0 Å². The van der Waals surface area contributed by atoms with Gasteiger partial charge in [0.1, 0.15) is 5.60 Å². The summed E-state index contributed by atoms with van der Waals surface area (Å²) in [5.41, 5.74) is -0.113. The molecule has 1 aliphatic heterocycles. The van der Waals surface area contributed by atoms with Crippen LogP contribution in [0.5, 0.6) is 0 Å². The van der Waals surface area contributed by atoms with Gasteiger partial charge in [-0.2, -0.15) is 0 Å². The van der Waals surface area contributed by atoms with E-state index in [9.17, 15) is 4.79 Å². The van der Waals surface area contributed by atoms with Gasteiger partial charge in [0.2, 0.25) is 0 Å². The minimum Gasteiger partial charge on any atom is -0.459 e. The van der Waals surface area contributed by atoms with Crippen LogP contribution in [-0.2, 0) is 14.3 Å². The van der Waals surface area contributed by atoms with Crippen molar-refractivity contribution < 1.29 is 14.3 Å². The molecule has 3 heteroatoms. The Morgan fingerprint density at radius 1 is 1.04 bits per heavy atom. The second-order valence-electron chi connectivity index (χ2n) is 9.45. The Labute approximate surface area is 138 Å². The molecule has 9 atom stereocenters. The number of carbonyl (C=O) groups is 1. The number of ether oxygens (including phenoxy) is 2. The Bertz CT molecular complexity index is 551. The quantitative estimate of drug-likeness (QED) is 0.454. The maximum atomic E-state index is 13.0. The smallest absolute Gasteiger partial charge is 0.309 e. The van der Waals surface area contributed by atoms with Crippen molar-refractivity contribution in [3.8, 4) is 0 Å². The molecule has 3 nitrogen and oxygen atoms in total. The maximum Gasteiger partial charge on any atom is 0.309 e. The fourth-order valence-electron chi connectivity index (χ4n) is 7.96. The lowest BCUT2D eigenvalue weighted by molar-refractivity contribution is -0.168. The molecule has 0 spiro atoms. The molecule has 0 N–H and O–H groups in total. The highest BCUT2D eigenvalue weighted by Gasteiger charge is 2.74. The minimum atomic E-state index is -0.113. The predicted octanol–water partition coefficient (Wildman–Crippen LogP) is 3.56. The summed E-state index contributed by atoms with van der Waals surface area (Å²) in [5, 5.41) is 0. The molecule has 0 aromatic heterocycles. The zero-order valence-electron chi connectivity index (χ0n) is 14.1. The van der Waals surface area contributed by atoms with E-state index in [2.05, 4.69) is 6.92 Å². The van der Waals surface area contributed by atoms with Gasteiger partial charge in [0.15, 0.2) is 0 Å². The molecule has 23 heavy (non-hydrogen) atoms. The van der Waals surface area contributed by atoms with E-state index in [-0.39, 0.29) is 17.5 Å². The van der Waals surface area contributed by atoms with Gasteiger partial charge in [0.05, 0.1) is 18.1 Å². The summed E-state index contributed by atoms with van der Waals surface area (Å²) in [7, 11) is 0. The molecule has 6 fully saturated rings. The number of epoxide rings is 1. The van der Waals surface area contributed by atoms with Crippen molar-refractivity contribution >= 4 is 5.97 Å². The third-order valence-corrected chi connectivity index (χ3v) is 8.85. The van der Waals surface area contributed by atoms with Crippen molar-refractivity contribution in [1.29, 1.82) is 0 Å². The highest BCUT2D eigenvalue weighted by atomic mass is 16.6. The lowest BCUT2D eigenvalue weighted by Crippen LogP contribution is -2.41. The van der Waals surface area contributed by atoms with Gasteiger partial charge in [-0.05, 0) is 86.9 Å². The van der Waals surface area contributed by atoms with Crippen LogP contribution in [0.1, 0.15) is 58.3 Å². The van der Waals surface area contributed by atoms with Crippen LogP contribution < -0.4 is 0 Å². The fraction of sp³-hybridized carbons (Fsp3) is 0.950. The molecule has 0 amide bonds. The molecule has 5 saturated carbocycles. The van der Waals surface area contributed by atoms with Gasteiger partial charge in [-0.25, -0.2) is 0 Å². The highest BCUT2D eigenvalue weighted by Crippen LogP contribution is 2.73. The summed E-state index contributed by atoms with van der Waals surface area (Å²) in [6, 6.07) is 0. The van der Waals surface area contributed by atoms with Crippen LogP contribution in [0.4, 0.5) is 0 Å². The maximum absolute atomic E-state index is 13.0. The topological polar surface area (TPSA) is 38.8 Å². The van der Waals surface area contributed by atoms with Crippen LogP contribution in [0.15, 0.2) is 0 Å². The number of hydrogen-bond acceptors (Lipinski definition) is 3. The SMILES string of the molecule is CCC1(OC(=O)C2CC3CC2C2C4CC(C5OC45)C32)CCCC1. The molecule has 126 valence electrons. The van der Waals surface area contributed by atoms with Crippen molar-refractivity contribution in [2.24, 2.45) is 41.4 Å². The van der Waals surface area contributed by atoms with Crippen molar-refractivity contribution in [2.75, 3.05) is 0 Å². The third kappa shape index (κ3) is 1.63. The van der Waals surface area contributed by atoms with E-state index in [0.717, 1.165) is 55.3 Å². The van der Waals surface area contributed by atoms with Crippen LogP contribution in [0.25, 0.3) is 0 Å². The minimum absolute atomic E-state index is 0.113. The van der Waals surface area contributed by atoms with E-state index >= 15 is 0 Å². The first-order chi connectivity index (χ1) is 11.2. The van der Waals surface area contributed by atoms with Crippen molar-refractivity contribution in [2.45, 2.75) is 76.1 Å². The van der Waals surface area contributed by atoms with Gasteiger partial charge in [-0.1, -0.05) is 6.92 Å². The number of carbonyl (C=O) groups excluding carboxylic acids is 1. The molecule has 6 aliphatic rings. The first-order valence-electron chi connectivity index (χ1n) is 10.1. The molecule has 5 aliphatic carbocycles. The summed E-state index contributed by atoms with van der Waals surface area (Å²) < 4.78 is 12.1. The summed E-state index contributed by atoms with van der Waals surface area (Å²) in [6.07, 6.45) is 10.6. The molecule has 0 aromatic carbocycles. The third-order valence-electron chi connectivity index (χ3n) is 8.85. The lowest BCUT2D eigenvalue weighted by atomic mass is 9.67. The van der Waals surface area contributed by atoms with Crippen molar-refractivity contribution in [3.63, 3.8) is 0 Å². The zero-order valence-corrected chi connectivity index (χ0v) is 14.1. The first-order valence-corrected chi connectivity index (χ1v) is 10.1. The monoisotopic (exact) mass is 316 g/mol. The average molecular weight is 316 g/mol. The van der Waals surface area contributed by atoms with Crippen LogP contribution >= 0.6 is 0 Å². The Balaban J connectivity index is 1.22. The van der Waals surface area contributed by atoms with Gasteiger partial charge >= 0.3 is 5.97 Å². The second-order valence-corrected chi connectivity index (χ2v) is 9.45. The standard InChI is InChI=1S/C20H28O3/c1-2-20(5-3-4-6-20)23-19(21)12-8-10-7-11(12)16-14-9-13(15(10)16)17-18(14)22-17/h10-18H,2-9H2,1H3. The van der Waals surface area contributed by atoms with Gasteiger partial charge in [-0.15, -0.1) is 0 Å². The normalized spacial score (nSPS) is 56.7. The van der Waals surface area contributed by atoms with Crippen LogP contribution in [0, 0.1) is 41.4 Å². The predicted molar refractivity (Wildman–Crippen MR) is 84.5 cm³/mol. The summed E-state index contributed by atoms with van der Waals surface area (Å²) >= 11 is 0. The average Bonchev–Trinajstić information content (AvgIpc) is 3.07. The fourth-order valence-corrected chi connectivity index (χ4v) is 7.96. The zero-order chi connectivity index (χ0) is 15.3. The number of esters is 1. The molecule has 4 bridgehead atoms. The number of rotatable bonds is 3. The number of hydrogen-bond donors (Lipinski definition) is 0. The lowest BCUT2D eigenvalue weighted by Gasteiger charge is -2.38. The molecule has 1 heterocycles.